The Kier molecular flexibility index (Phi) is 6.87. The highest BCUT2D eigenvalue weighted by Crippen LogP contribution is 2.15. The predicted octanol–water partition coefficient (Wildman–Crippen LogP) is 1.71. The summed E-state index contributed by atoms with van der Waals surface area (Å²) in [4.78, 5) is 18.4. The van der Waals surface area contributed by atoms with Crippen molar-refractivity contribution in [3.05, 3.63) is 35.9 Å². The van der Waals surface area contributed by atoms with Crippen molar-refractivity contribution in [2.75, 3.05) is 34.2 Å². The van der Waals surface area contributed by atoms with Crippen LogP contribution in [-0.4, -0.2) is 62.1 Å². The molecule has 0 aliphatic heterocycles. The molecule has 0 saturated heterocycles. The van der Waals surface area contributed by atoms with E-state index >= 15 is 0 Å². The number of hydrogen-bond acceptors (Lipinski definition) is 2. The first-order chi connectivity index (χ1) is 10.7. The maximum absolute atomic E-state index is 12.3. The van der Waals surface area contributed by atoms with Crippen LogP contribution in [0.3, 0.4) is 0 Å². The number of carbonyl (C=O) groups is 1. The molecule has 1 N–H and O–H groups in total. The van der Waals surface area contributed by atoms with Crippen LogP contribution in [0.1, 0.15) is 5.56 Å². The number of amides is 1. The Balaban J connectivity index is 2.58. The molecule has 1 rings (SSSR count). The summed E-state index contributed by atoms with van der Waals surface area (Å²) in [5, 5.41) is 2.77. The first kappa shape index (κ1) is 18.8. The molecule has 0 radical (unpaired) electrons. The second-order valence-electron chi connectivity index (χ2n) is 5.24. The van der Waals surface area contributed by atoms with E-state index in [1.165, 1.54) is 0 Å². The highest BCUT2D eigenvalue weighted by molar-refractivity contribution is 5.86. The quantitative estimate of drug-likeness (QED) is 0.660. The molecule has 0 fully saturated rings. The van der Waals surface area contributed by atoms with Crippen LogP contribution in [0, 0.1) is 0 Å². The zero-order valence-electron chi connectivity index (χ0n) is 13.4. The minimum absolute atomic E-state index is 0.252. The molecule has 0 spiro atoms. The van der Waals surface area contributed by atoms with Crippen molar-refractivity contribution in [1.29, 1.82) is 0 Å². The zero-order valence-corrected chi connectivity index (χ0v) is 13.4. The number of guanidine groups is 1. The SMILES string of the molecule is CN(C)C(=NCc1ccccc1)NCC(=O)N(C)CC(F)(F)F. The molecular formula is C15H21F3N4O. The average Bonchev–Trinajstić information content (AvgIpc) is 2.45. The molecule has 23 heavy (non-hydrogen) atoms. The maximum Gasteiger partial charge on any atom is 0.406 e. The van der Waals surface area contributed by atoms with Crippen LogP contribution >= 0.6 is 0 Å². The third-order valence-electron chi connectivity index (χ3n) is 2.92. The molecule has 0 heterocycles. The van der Waals surface area contributed by atoms with Gasteiger partial charge < -0.3 is 15.1 Å². The Bertz CT molecular complexity index is 529. The number of benzene rings is 1. The number of nitrogens with zero attached hydrogens (tertiary/aromatic N) is 3. The van der Waals surface area contributed by atoms with Gasteiger partial charge in [0.1, 0.15) is 6.54 Å². The van der Waals surface area contributed by atoms with Crippen LogP contribution in [0.4, 0.5) is 13.2 Å². The third kappa shape index (κ3) is 7.53. The molecule has 0 bridgehead atoms. The van der Waals surface area contributed by atoms with E-state index in [0.717, 1.165) is 12.6 Å². The first-order valence-electron chi connectivity index (χ1n) is 6.99. The van der Waals surface area contributed by atoms with E-state index < -0.39 is 18.6 Å². The third-order valence-corrected chi connectivity index (χ3v) is 2.92. The molecule has 0 aliphatic rings. The van der Waals surface area contributed by atoms with Crippen LogP contribution in [0.5, 0.6) is 0 Å². The minimum Gasteiger partial charge on any atom is -0.349 e. The summed E-state index contributed by atoms with van der Waals surface area (Å²) in [7, 11) is 4.59. The number of likely N-dealkylation sites (N-methyl/N-ethyl adjacent to an activating group) is 1. The van der Waals surface area contributed by atoms with Gasteiger partial charge in [0.2, 0.25) is 5.91 Å². The fourth-order valence-electron chi connectivity index (χ4n) is 1.75. The van der Waals surface area contributed by atoms with Gasteiger partial charge in [-0.2, -0.15) is 13.2 Å². The number of halogens is 3. The van der Waals surface area contributed by atoms with Crippen LogP contribution in [0.2, 0.25) is 0 Å². The lowest BCUT2D eigenvalue weighted by atomic mass is 10.2. The molecule has 5 nitrogen and oxygen atoms in total. The Morgan fingerprint density at radius 3 is 2.30 bits per heavy atom. The number of nitrogens with one attached hydrogen (secondary N) is 1. The number of rotatable bonds is 5. The van der Waals surface area contributed by atoms with Crippen molar-refractivity contribution in [2.45, 2.75) is 12.7 Å². The van der Waals surface area contributed by atoms with Crippen molar-refractivity contribution in [3.63, 3.8) is 0 Å². The van der Waals surface area contributed by atoms with Crippen molar-refractivity contribution in [2.24, 2.45) is 4.99 Å². The van der Waals surface area contributed by atoms with Crippen molar-refractivity contribution in [1.82, 2.24) is 15.1 Å². The molecule has 1 aromatic rings. The van der Waals surface area contributed by atoms with Crippen LogP contribution in [-0.2, 0) is 11.3 Å². The zero-order chi connectivity index (χ0) is 17.5. The van der Waals surface area contributed by atoms with Gasteiger partial charge in [-0.05, 0) is 5.56 Å². The number of alkyl halides is 3. The van der Waals surface area contributed by atoms with E-state index in [9.17, 15) is 18.0 Å². The van der Waals surface area contributed by atoms with Gasteiger partial charge in [-0.15, -0.1) is 0 Å². The molecule has 0 atom stereocenters. The molecular weight excluding hydrogens is 309 g/mol. The molecule has 1 aromatic carbocycles. The van der Waals surface area contributed by atoms with E-state index in [-0.39, 0.29) is 6.54 Å². The smallest absolute Gasteiger partial charge is 0.349 e. The number of aliphatic imine (C=N–C) groups is 1. The lowest BCUT2D eigenvalue weighted by molar-refractivity contribution is -0.157. The molecule has 0 unspecified atom stereocenters. The van der Waals surface area contributed by atoms with Gasteiger partial charge in [-0.3, -0.25) is 4.79 Å². The summed E-state index contributed by atoms with van der Waals surface area (Å²) in [6, 6.07) is 9.51. The summed E-state index contributed by atoms with van der Waals surface area (Å²) in [5.74, 6) is -0.223. The molecule has 0 aromatic heterocycles. The highest BCUT2D eigenvalue weighted by Gasteiger charge is 2.31. The Hall–Kier alpha value is -2.25. The van der Waals surface area contributed by atoms with E-state index in [1.54, 1.807) is 19.0 Å². The summed E-state index contributed by atoms with van der Waals surface area (Å²) in [6.45, 7) is -1.11. The van der Waals surface area contributed by atoms with Gasteiger partial charge in [0.15, 0.2) is 5.96 Å². The fraction of sp³-hybridized carbons (Fsp3) is 0.467. The molecule has 0 saturated carbocycles. The summed E-state index contributed by atoms with van der Waals surface area (Å²) >= 11 is 0. The van der Waals surface area contributed by atoms with Crippen LogP contribution in [0.25, 0.3) is 0 Å². The van der Waals surface area contributed by atoms with E-state index in [1.807, 2.05) is 30.3 Å². The van der Waals surface area contributed by atoms with Crippen molar-refractivity contribution in [3.8, 4) is 0 Å². The highest BCUT2D eigenvalue weighted by atomic mass is 19.4. The van der Waals surface area contributed by atoms with Gasteiger partial charge in [0.05, 0.1) is 13.1 Å². The number of carbonyl (C=O) groups excluding carboxylic acids is 1. The van der Waals surface area contributed by atoms with Gasteiger partial charge in [0, 0.05) is 21.1 Å². The van der Waals surface area contributed by atoms with Crippen molar-refractivity contribution < 1.29 is 18.0 Å². The summed E-state index contributed by atoms with van der Waals surface area (Å²) < 4.78 is 36.8. The lowest BCUT2D eigenvalue weighted by Crippen LogP contribution is -2.45. The first-order valence-corrected chi connectivity index (χ1v) is 6.99. The van der Waals surface area contributed by atoms with Gasteiger partial charge in [0.25, 0.3) is 0 Å². The van der Waals surface area contributed by atoms with Crippen LogP contribution < -0.4 is 5.32 Å². The fourth-order valence-corrected chi connectivity index (χ4v) is 1.75. The molecule has 128 valence electrons. The predicted molar refractivity (Wildman–Crippen MR) is 83.0 cm³/mol. The normalized spacial score (nSPS) is 12.0. The van der Waals surface area contributed by atoms with Gasteiger partial charge in [-0.1, -0.05) is 30.3 Å². The number of hydrogen-bond donors (Lipinski definition) is 1. The topological polar surface area (TPSA) is 47.9 Å². The Morgan fingerprint density at radius 1 is 1.17 bits per heavy atom. The lowest BCUT2D eigenvalue weighted by Gasteiger charge is -2.21. The van der Waals surface area contributed by atoms with E-state index in [4.69, 9.17) is 0 Å². The largest absolute Gasteiger partial charge is 0.406 e. The maximum atomic E-state index is 12.3. The molecule has 8 heteroatoms. The average molecular weight is 330 g/mol. The monoisotopic (exact) mass is 330 g/mol. The van der Waals surface area contributed by atoms with Crippen molar-refractivity contribution >= 4 is 11.9 Å². The van der Waals surface area contributed by atoms with E-state index in [2.05, 4.69) is 10.3 Å². The Labute approximate surface area is 133 Å². The molecule has 1 amide bonds. The second-order valence-corrected chi connectivity index (χ2v) is 5.24. The Morgan fingerprint density at radius 2 is 1.78 bits per heavy atom. The summed E-state index contributed by atoms with van der Waals surface area (Å²) in [5.41, 5.74) is 0.995. The van der Waals surface area contributed by atoms with Gasteiger partial charge >= 0.3 is 6.18 Å². The summed E-state index contributed by atoms with van der Waals surface area (Å²) in [6.07, 6.45) is -4.41. The molecule has 0 aliphatic carbocycles. The standard InChI is InChI=1S/C15H21F3N4O/c1-21(2)14(19-9-12-7-5-4-6-8-12)20-10-13(23)22(3)11-15(16,17)18/h4-8H,9-11H2,1-3H3,(H,19,20). The van der Waals surface area contributed by atoms with E-state index in [0.29, 0.717) is 17.4 Å². The van der Waals surface area contributed by atoms with Crippen LogP contribution in [0.15, 0.2) is 35.3 Å². The second kappa shape index (κ2) is 8.40. The van der Waals surface area contributed by atoms with Gasteiger partial charge in [-0.25, -0.2) is 4.99 Å². The minimum atomic E-state index is -4.41.